The van der Waals surface area contributed by atoms with E-state index in [2.05, 4.69) is 32.2 Å². The minimum absolute atomic E-state index is 0.205. The van der Waals surface area contributed by atoms with Crippen LogP contribution in [0, 0.1) is 0 Å². The number of nitrogens with zero attached hydrogens (tertiary/aromatic N) is 5. The second-order valence-corrected chi connectivity index (χ2v) is 8.65. The van der Waals surface area contributed by atoms with Gasteiger partial charge in [-0.25, -0.2) is 9.50 Å². The van der Waals surface area contributed by atoms with E-state index in [4.69, 9.17) is 26.5 Å². The zero-order chi connectivity index (χ0) is 23.5. The average Bonchev–Trinajstić information content (AvgIpc) is 3.28. The molecule has 0 saturated carbocycles. The molecule has 0 amide bonds. The number of benzene rings is 2. The highest BCUT2D eigenvalue weighted by Gasteiger charge is 2.17. The first-order valence-electron chi connectivity index (χ1n) is 11.3. The van der Waals surface area contributed by atoms with Gasteiger partial charge >= 0.3 is 0 Å². The third-order valence-electron chi connectivity index (χ3n) is 6.09. The van der Waals surface area contributed by atoms with Crippen molar-refractivity contribution in [2.24, 2.45) is 0 Å². The molecule has 0 atom stereocenters. The van der Waals surface area contributed by atoms with Gasteiger partial charge in [0.15, 0.2) is 0 Å². The number of β-amino-alcohol motifs (C(OH)–C–C–N with tert-alkyl or cyclic N) is 1. The van der Waals surface area contributed by atoms with E-state index >= 15 is 0 Å². The van der Waals surface area contributed by atoms with E-state index < -0.39 is 0 Å². The Morgan fingerprint density at radius 3 is 2.71 bits per heavy atom. The van der Waals surface area contributed by atoms with Gasteiger partial charge in [0.1, 0.15) is 5.75 Å². The number of hydrogen-bond donors (Lipinski definition) is 2. The fourth-order valence-corrected chi connectivity index (χ4v) is 4.50. The molecule has 1 fully saturated rings. The van der Waals surface area contributed by atoms with E-state index in [0.717, 1.165) is 66.6 Å². The maximum atomic E-state index is 9.16. The molecule has 176 valence electrons. The Balaban J connectivity index is 1.39. The Kier molecular flexibility index (Phi) is 6.53. The Morgan fingerprint density at radius 2 is 1.91 bits per heavy atom. The van der Waals surface area contributed by atoms with Crippen molar-refractivity contribution in [1.29, 1.82) is 0 Å². The molecular formula is C25H27ClN6O2. The SMILES string of the molecule is COc1ccc(Cl)cc1-c1ccc2cnc(Nc3cccc(N4CCN(CCO)CC4)c3)nn12. The number of rotatable bonds is 7. The third kappa shape index (κ3) is 4.65. The van der Waals surface area contributed by atoms with Crippen LogP contribution in [0.1, 0.15) is 0 Å². The molecule has 0 aliphatic carbocycles. The van der Waals surface area contributed by atoms with Gasteiger partial charge in [-0.1, -0.05) is 17.7 Å². The van der Waals surface area contributed by atoms with Crippen LogP contribution in [-0.2, 0) is 0 Å². The summed E-state index contributed by atoms with van der Waals surface area (Å²) in [5, 5.41) is 17.9. The highest BCUT2D eigenvalue weighted by molar-refractivity contribution is 6.31. The standard InChI is InChI=1S/C25H27ClN6O2/c1-34-24-8-5-18(26)15-22(24)23-7-6-21-17-27-25(29-32(21)23)28-19-3-2-4-20(16-19)31-11-9-30(10-12-31)13-14-33/h2-8,15-17,33H,9-14H2,1H3,(H,28,29). The second kappa shape index (κ2) is 9.89. The molecule has 0 spiro atoms. The molecular weight excluding hydrogens is 452 g/mol. The van der Waals surface area contributed by atoms with E-state index in [9.17, 15) is 0 Å². The predicted octanol–water partition coefficient (Wildman–Crippen LogP) is 3.92. The molecule has 3 heterocycles. The summed E-state index contributed by atoms with van der Waals surface area (Å²) in [7, 11) is 1.64. The van der Waals surface area contributed by atoms with Crippen molar-refractivity contribution in [3.05, 3.63) is 65.8 Å². The number of ether oxygens (including phenoxy) is 1. The minimum Gasteiger partial charge on any atom is -0.496 e. The predicted molar refractivity (Wildman–Crippen MR) is 135 cm³/mol. The summed E-state index contributed by atoms with van der Waals surface area (Å²) >= 11 is 6.26. The van der Waals surface area contributed by atoms with E-state index in [1.165, 1.54) is 0 Å². The smallest absolute Gasteiger partial charge is 0.245 e. The number of nitrogens with one attached hydrogen (secondary N) is 1. The van der Waals surface area contributed by atoms with Crippen LogP contribution in [0.3, 0.4) is 0 Å². The minimum atomic E-state index is 0.205. The normalized spacial score (nSPS) is 14.5. The van der Waals surface area contributed by atoms with Crippen molar-refractivity contribution >= 4 is 34.4 Å². The largest absolute Gasteiger partial charge is 0.496 e. The lowest BCUT2D eigenvalue weighted by molar-refractivity contribution is 0.189. The molecule has 2 aromatic carbocycles. The molecule has 1 aliphatic heterocycles. The molecule has 0 unspecified atom stereocenters. The zero-order valence-electron chi connectivity index (χ0n) is 19.0. The number of piperazine rings is 1. The number of anilines is 3. The Morgan fingerprint density at radius 1 is 1.06 bits per heavy atom. The maximum Gasteiger partial charge on any atom is 0.245 e. The van der Waals surface area contributed by atoms with Crippen LogP contribution in [0.25, 0.3) is 16.8 Å². The number of aromatic nitrogens is 3. The number of hydrogen-bond acceptors (Lipinski definition) is 7. The van der Waals surface area contributed by atoms with Crippen LogP contribution < -0.4 is 15.0 Å². The van der Waals surface area contributed by atoms with Crippen molar-refractivity contribution in [1.82, 2.24) is 19.5 Å². The highest BCUT2D eigenvalue weighted by Crippen LogP contribution is 2.33. The topological polar surface area (TPSA) is 78.2 Å². The second-order valence-electron chi connectivity index (χ2n) is 8.21. The Hall–Kier alpha value is -3.33. The number of fused-ring (bicyclic) bond motifs is 1. The van der Waals surface area contributed by atoms with Gasteiger partial charge in [-0.15, -0.1) is 5.10 Å². The van der Waals surface area contributed by atoms with Gasteiger partial charge in [-0.3, -0.25) is 4.90 Å². The zero-order valence-corrected chi connectivity index (χ0v) is 19.7. The Labute approximate surface area is 203 Å². The lowest BCUT2D eigenvalue weighted by Crippen LogP contribution is -2.47. The van der Waals surface area contributed by atoms with Gasteiger partial charge < -0.3 is 20.1 Å². The van der Waals surface area contributed by atoms with Gasteiger partial charge in [0, 0.05) is 54.7 Å². The van der Waals surface area contributed by atoms with E-state index in [-0.39, 0.29) is 6.61 Å². The molecule has 4 aromatic rings. The van der Waals surface area contributed by atoms with Gasteiger partial charge in [0.2, 0.25) is 5.95 Å². The number of aliphatic hydroxyl groups is 1. The summed E-state index contributed by atoms with van der Waals surface area (Å²) in [6, 6.07) is 17.8. The number of methoxy groups -OCH3 is 1. The van der Waals surface area contributed by atoms with Crippen LogP contribution in [0.4, 0.5) is 17.3 Å². The van der Waals surface area contributed by atoms with E-state index in [0.29, 0.717) is 11.0 Å². The van der Waals surface area contributed by atoms with Crippen molar-refractivity contribution < 1.29 is 9.84 Å². The lowest BCUT2D eigenvalue weighted by Gasteiger charge is -2.35. The molecule has 5 rings (SSSR count). The molecule has 8 nitrogen and oxygen atoms in total. The Bertz CT molecular complexity index is 1290. The van der Waals surface area contributed by atoms with Crippen LogP contribution >= 0.6 is 11.6 Å². The summed E-state index contributed by atoms with van der Waals surface area (Å²) in [6.07, 6.45) is 1.79. The van der Waals surface area contributed by atoms with Crippen molar-refractivity contribution in [3.63, 3.8) is 0 Å². The lowest BCUT2D eigenvalue weighted by atomic mass is 10.1. The summed E-state index contributed by atoms with van der Waals surface area (Å²) in [5.41, 5.74) is 4.68. The van der Waals surface area contributed by atoms with Crippen molar-refractivity contribution in [2.75, 3.05) is 56.7 Å². The quantitative estimate of drug-likeness (QED) is 0.417. The van der Waals surface area contributed by atoms with Crippen molar-refractivity contribution in [2.45, 2.75) is 0 Å². The van der Waals surface area contributed by atoms with E-state index in [1.54, 1.807) is 19.4 Å². The average molecular weight is 479 g/mol. The van der Waals surface area contributed by atoms with Crippen LogP contribution in [-0.4, -0.2) is 71.0 Å². The van der Waals surface area contributed by atoms with Gasteiger partial charge in [0.05, 0.1) is 31.1 Å². The maximum absolute atomic E-state index is 9.16. The van der Waals surface area contributed by atoms with Gasteiger partial charge in [0.25, 0.3) is 0 Å². The van der Waals surface area contributed by atoms with E-state index in [1.807, 2.05) is 40.9 Å². The molecule has 34 heavy (non-hydrogen) atoms. The number of halogens is 1. The molecule has 2 N–H and O–H groups in total. The molecule has 0 radical (unpaired) electrons. The fourth-order valence-electron chi connectivity index (χ4n) is 4.32. The first-order valence-corrected chi connectivity index (χ1v) is 11.7. The molecule has 0 bridgehead atoms. The van der Waals surface area contributed by atoms with Gasteiger partial charge in [-0.2, -0.15) is 0 Å². The molecule has 1 saturated heterocycles. The van der Waals surface area contributed by atoms with Crippen molar-refractivity contribution in [3.8, 4) is 17.0 Å². The monoisotopic (exact) mass is 478 g/mol. The summed E-state index contributed by atoms with van der Waals surface area (Å²) in [4.78, 5) is 9.14. The first-order chi connectivity index (χ1) is 16.6. The van der Waals surface area contributed by atoms with Crippen LogP contribution in [0.2, 0.25) is 5.02 Å². The first kappa shape index (κ1) is 22.5. The molecule has 1 aliphatic rings. The molecule has 2 aromatic heterocycles. The highest BCUT2D eigenvalue weighted by atomic mass is 35.5. The number of aliphatic hydroxyl groups excluding tert-OH is 1. The fraction of sp³-hybridized carbons (Fsp3) is 0.280. The third-order valence-corrected chi connectivity index (χ3v) is 6.33. The summed E-state index contributed by atoms with van der Waals surface area (Å²) in [5.74, 6) is 1.22. The van der Waals surface area contributed by atoms with Gasteiger partial charge in [-0.05, 0) is 48.5 Å². The molecule has 9 heteroatoms. The summed E-state index contributed by atoms with van der Waals surface area (Å²) in [6.45, 7) is 4.69. The summed E-state index contributed by atoms with van der Waals surface area (Å²) < 4.78 is 7.38. The van der Waals surface area contributed by atoms with Crippen LogP contribution in [0.5, 0.6) is 5.75 Å². The van der Waals surface area contributed by atoms with Crippen LogP contribution in [0.15, 0.2) is 60.8 Å².